The van der Waals surface area contributed by atoms with Gasteiger partial charge in [0.05, 0.1) is 25.1 Å². The van der Waals surface area contributed by atoms with E-state index in [1.807, 2.05) is 6.08 Å². The molecule has 3 heteroatoms. The van der Waals surface area contributed by atoms with Gasteiger partial charge in [0.25, 0.3) is 0 Å². The van der Waals surface area contributed by atoms with Gasteiger partial charge in [0.2, 0.25) is 0 Å². The Morgan fingerprint density at radius 2 is 2.06 bits per heavy atom. The normalized spacial score (nSPS) is 19.3. The Morgan fingerprint density at radius 1 is 1.29 bits per heavy atom. The fraction of sp³-hybridized carbons (Fsp3) is 0.714. The van der Waals surface area contributed by atoms with Crippen molar-refractivity contribution in [3.8, 4) is 0 Å². The fourth-order valence-electron chi connectivity index (χ4n) is 2.05. The second kappa shape index (κ2) is 7.51. The van der Waals surface area contributed by atoms with Gasteiger partial charge in [0.15, 0.2) is 0 Å². The van der Waals surface area contributed by atoms with E-state index >= 15 is 0 Å². The molecule has 0 aliphatic heterocycles. The van der Waals surface area contributed by atoms with E-state index in [-0.39, 0.29) is 0 Å². The summed E-state index contributed by atoms with van der Waals surface area (Å²) in [4.78, 5) is 0. The largest absolute Gasteiger partial charge is 0.501 e. The average Bonchev–Trinajstić information content (AvgIpc) is 2.36. The number of hydrogen-bond acceptors (Lipinski definition) is 3. The summed E-state index contributed by atoms with van der Waals surface area (Å²) >= 11 is 0. The predicted molar refractivity (Wildman–Crippen MR) is 68.6 cm³/mol. The van der Waals surface area contributed by atoms with Crippen LogP contribution < -0.4 is 0 Å². The summed E-state index contributed by atoms with van der Waals surface area (Å²) in [5, 5.41) is 19.7. The first-order valence-corrected chi connectivity index (χ1v) is 6.44. The molecule has 2 N–H and O–H groups in total. The minimum atomic E-state index is -0.649. The Labute approximate surface area is 104 Å². The van der Waals surface area contributed by atoms with Crippen LogP contribution in [-0.2, 0) is 4.74 Å². The number of unbranched alkanes of at least 4 members (excludes halogenated alkanes) is 1. The number of allylic oxidation sites excluding steroid dienone is 3. The number of aliphatic hydroxyl groups is 2. The third-order valence-corrected chi connectivity index (χ3v) is 3.18. The molecule has 0 saturated heterocycles. The molecule has 0 aromatic heterocycles. The molecule has 0 spiro atoms. The topological polar surface area (TPSA) is 49.7 Å². The van der Waals surface area contributed by atoms with E-state index in [0.29, 0.717) is 12.8 Å². The molecule has 17 heavy (non-hydrogen) atoms. The molecule has 0 aromatic carbocycles. The molecule has 98 valence electrons. The highest BCUT2D eigenvalue weighted by Gasteiger charge is 2.18. The van der Waals surface area contributed by atoms with Crippen molar-refractivity contribution in [2.45, 2.75) is 57.7 Å². The molecule has 1 aliphatic carbocycles. The average molecular weight is 240 g/mol. The summed E-state index contributed by atoms with van der Waals surface area (Å²) in [6.45, 7) is 2.08. The SMILES string of the molecule is CCCC[C@H](O)[C@@H](O)CC1=CCC=C(OC)C1. The van der Waals surface area contributed by atoms with Crippen molar-refractivity contribution >= 4 is 0 Å². The lowest BCUT2D eigenvalue weighted by molar-refractivity contribution is 0.0135. The summed E-state index contributed by atoms with van der Waals surface area (Å²) in [7, 11) is 1.67. The summed E-state index contributed by atoms with van der Waals surface area (Å²) in [5.74, 6) is 0.956. The van der Waals surface area contributed by atoms with Crippen LogP contribution in [-0.4, -0.2) is 29.5 Å². The first-order valence-electron chi connectivity index (χ1n) is 6.44. The van der Waals surface area contributed by atoms with E-state index in [9.17, 15) is 10.2 Å². The lowest BCUT2D eigenvalue weighted by atomic mass is 9.95. The van der Waals surface area contributed by atoms with Gasteiger partial charge in [-0.3, -0.25) is 0 Å². The van der Waals surface area contributed by atoms with Gasteiger partial charge in [0, 0.05) is 6.42 Å². The fourth-order valence-corrected chi connectivity index (χ4v) is 2.05. The molecular weight excluding hydrogens is 216 g/mol. The van der Waals surface area contributed by atoms with Gasteiger partial charge < -0.3 is 14.9 Å². The van der Waals surface area contributed by atoms with E-state index < -0.39 is 12.2 Å². The Hall–Kier alpha value is -0.800. The minimum absolute atomic E-state index is 0.547. The zero-order valence-corrected chi connectivity index (χ0v) is 10.9. The second-order valence-electron chi connectivity index (χ2n) is 4.63. The molecule has 1 aliphatic rings. The lowest BCUT2D eigenvalue weighted by Gasteiger charge is -2.21. The Bertz CT molecular complexity index is 281. The van der Waals surface area contributed by atoms with Crippen LogP contribution >= 0.6 is 0 Å². The maximum atomic E-state index is 9.90. The number of aliphatic hydroxyl groups excluding tert-OH is 2. The van der Waals surface area contributed by atoms with Gasteiger partial charge in [-0.05, 0) is 25.3 Å². The molecule has 0 unspecified atom stereocenters. The maximum absolute atomic E-state index is 9.90. The molecule has 0 bridgehead atoms. The minimum Gasteiger partial charge on any atom is -0.501 e. The Balaban J connectivity index is 2.36. The van der Waals surface area contributed by atoms with E-state index in [1.54, 1.807) is 7.11 Å². The molecule has 0 aromatic rings. The molecule has 0 heterocycles. The first-order chi connectivity index (χ1) is 8.17. The second-order valence-corrected chi connectivity index (χ2v) is 4.63. The van der Waals surface area contributed by atoms with Crippen molar-refractivity contribution < 1.29 is 14.9 Å². The quantitative estimate of drug-likeness (QED) is 0.672. The van der Waals surface area contributed by atoms with Crippen LogP contribution in [0.4, 0.5) is 0 Å². The highest BCUT2D eigenvalue weighted by molar-refractivity contribution is 5.19. The molecule has 2 atom stereocenters. The number of rotatable bonds is 7. The van der Waals surface area contributed by atoms with Gasteiger partial charge in [-0.2, -0.15) is 0 Å². The van der Waals surface area contributed by atoms with Crippen molar-refractivity contribution in [3.63, 3.8) is 0 Å². The standard InChI is InChI=1S/C14H24O3/c1-3-4-8-13(15)14(16)10-11-6-5-7-12(9-11)17-2/h6-7,13-16H,3-5,8-10H2,1-2H3/t13-,14-/m0/s1. The van der Waals surface area contributed by atoms with Crippen molar-refractivity contribution in [2.24, 2.45) is 0 Å². The Morgan fingerprint density at radius 3 is 2.71 bits per heavy atom. The van der Waals surface area contributed by atoms with Crippen molar-refractivity contribution in [1.29, 1.82) is 0 Å². The third-order valence-electron chi connectivity index (χ3n) is 3.18. The number of methoxy groups -OCH3 is 1. The molecule has 0 amide bonds. The van der Waals surface area contributed by atoms with Crippen LogP contribution in [0.5, 0.6) is 0 Å². The van der Waals surface area contributed by atoms with Gasteiger partial charge in [-0.25, -0.2) is 0 Å². The molecular formula is C14H24O3. The smallest absolute Gasteiger partial charge is 0.0959 e. The van der Waals surface area contributed by atoms with E-state index in [4.69, 9.17) is 4.74 Å². The Kier molecular flexibility index (Phi) is 6.30. The van der Waals surface area contributed by atoms with Crippen molar-refractivity contribution in [3.05, 3.63) is 23.5 Å². The van der Waals surface area contributed by atoms with E-state index in [0.717, 1.165) is 37.0 Å². The van der Waals surface area contributed by atoms with Crippen molar-refractivity contribution in [1.82, 2.24) is 0 Å². The zero-order valence-electron chi connectivity index (χ0n) is 10.9. The summed E-state index contributed by atoms with van der Waals surface area (Å²) in [5.41, 5.74) is 1.16. The van der Waals surface area contributed by atoms with Crippen LogP contribution in [0.25, 0.3) is 0 Å². The number of ether oxygens (including phenoxy) is 1. The van der Waals surface area contributed by atoms with Crippen LogP contribution in [0, 0.1) is 0 Å². The number of hydrogen-bond donors (Lipinski definition) is 2. The van der Waals surface area contributed by atoms with Gasteiger partial charge in [0.1, 0.15) is 0 Å². The zero-order chi connectivity index (χ0) is 12.7. The molecule has 0 saturated carbocycles. The molecule has 0 fully saturated rings. The van der Waals surface area contributed by atoms with Crippen LogP contribution in [0.2, 0.25) is 0 Å². The maximum Gasteiger partial charge on any atom is 0.0959 e. The van der Waals surface area contributed by atoms with Crippen molar-refractivity contribution in [2.75, 3.05) is 7.11 Å². The highest BCUT2D eigenvalue weighted by atomic mass is 16.5. The summed E-state index contributed by atoms with van der Waals surface area (Å²) in [6, 6.07) is 0. The molecule has 3 nitrogen and oxygen atoms in total. The van der Waals surface area contributed by atoms with Gasteiger partial charge in [-0.15, -0.1) is 0 Å². The van der Waals surface area contributed by atoms with Crippen LogP contribution in [0.3, 0.4) is 0 Å². The van der Waals surface area contributed by atoms with E-state index in [2.05, 4.69) is 13.0 Å². The monoisotopic (exact) mass is 240 g/mol. The summed E-state index contributed by atoms with van der Waals surface area (Å²) < 4.78 is 5.20. The van der Waals surface area contributed by atoms with Crippen LogP contribution in [0.1, 0.15) is 45.4 Å². The third kappa shape index (κ3) is 4.92. The highest BCUT2D eigenvalue weighted by Crippen LogP contribution is 2.24. The van der Waals surface area contributed by atoms with Gasteiger partial charge >= 0.3 is 0 Å². The molecule has 0 radical (unpaired) electrons. The lowest BCUT2D eigenvalue weighted by Crippen LogP contribution is -2.26. The molecule has 1 rings (SSSR count). The van der Waals surface area contributed by atoms with Crippen LogP contribution in [0.15, 0.2) is 23.5 Å². The first kappa shape index (κ1) is 14.3. The van der Waals surface area contributed by atoms with E-state index in [1.165, 1.54) is 0 Å². The summed E-state index contributed by atoms with van der Waals surface area (Å²) in [6.07, 6.45) is 7.75. The predicted octanol–water partition coefficient (Wildman–Crippen LogP) is 2.54. The van der Waals surface area contributed by atoms with Gasteiger partial charge in [-0.1, -0.05) is 31.4 Å².